The minimum Gasteiger partial charge on any atom is -0.481 e. The Labute approximate surface area is 283 Å². The number of hydrogen-bond donors (Lipinski definition) is 6. The number of hydrogen-bond acceptors (Lipinski definition) is 8. The Morgan fingerprint density at radius 1 is 0.653 bits per heavy atom. The summed E-state index contributed by atoms with van der Waals surface area (Å²) in [7, 11) is 5.80. The van der Waals surface area contributed by atoms with Crippen molar-refractivity contribution >= 4 is 45.8 Å². The van der Waals surface area contributed by atoms with Crippen LogP contribution in [0.3, 0.4) is 0 Å². The van der Waals surface area contributed by atoms with Gasteiger partial charge in [-0.2, -0.15) is 0 Å². The van der Waals surface area contributed by atoms with E-state index in [-0.39, 0.29) is 30.6 Å². The topological polar surface area (TPSA) is 188 Å². The molecule has 0 fully saturated rings. The van der Waals surface area contributed by atoms with Crippen LogP contribution in [0.15, 0.2) is 60.7 Å². The maximum Gasteiger partial charge on any atom is 0.303 e. The highest BCUT2D eigenvalue weighted by Gasteiger charge is 2.13. The van der Waals surface area contributed by atoms with E-state index >= 15 is 0 Å². The van der Waals surface area contributed by atoms with Gasteiger partial charge in [-0.15, -0.1) is 0 Å². The van der Waals surface area contributed by atoms with E-state index in [9.17, 15) is 19.2 Å². The quantitative estimate of drug-likeness (QED) is 0.0920. The van der Waals surface area contributed by atoms with Gasteiger partial charge in [-0.1, -0.05) is 24.3 Å². The van der Waals surface area contributed by atoms with E-state index in [1.54, 1.807) is 18.2 Å². The normalized spacial score (nSPS) is 11.4. The number of aromatic nitrogens is 4. The average Bonchev–Trinajstić information content (AvgIpc) is 3.71. The van der Waals surface area contributed by atoms with Crippen LogP contribution in [0.1, 0.15) is 33.6 Å². The maximum absolute atomic E-state index is 12.8. The SMILES string of the molecule is CN(C)CCNC(=O)c1ccc2nc(-c3ccc(-c4nc5ccc(C(=O)NCCN(C)CCNC(=O)CCC(=O)O)cc5[nH]4)cc3)[nH]c2c1. The first-order valence-corrected chi connectivity index (χ1v) is 16.0. The van der Waals surface area contributed by atoms with Crippen LogP contribution in [0, 0.1) is 0 Å². The van der Waals surface area contributed by atoms with Crippen LogP contribution >= 0.6 is 0 Å². The fraction of sp³-hybridized carbons (Fsp3) is 0.314. The second-order valence-corrected chi connectivity index (χ2v) is 12.1. The van der Waals surface area contributed by atoms with Crippen molar-refractivity contribution in [3.05, 3.63) is 71.8 Å². The molecule has 0 spiro atoms. The van der Waals surface area contributed by atoms with Gasteiger partial charge in [0.05, 0.1) is 28.5 Å². The summed E-state index contributed by atoms with van der Waals surface area (Å²) >= 11 is 0. The van der Waals surface area contributed by atoms with Gasteiger partial charge in [-0.25, -0.2) is 9.97 Å². The first kappa shape index (κ1) is 34.7. The van der Waals surface area contributed by atoms with E-state index in [0.29, 0.717) is 55.5 Å². The molecule has 2 heterocycles. The van der Waals surface area contributed by atoms with Crippen molar-refractivity contribution in [2.75, 3.05) is 60.4 Å². The zero-order valence-corrected chi connectivity index (χ0v) is 27.8. The second-order valence-electron chi connectivity index (χ2n) is 12.1. The fourth-order valence-electron chi connectivity index (χ4n) is 5.13. The Kier molecular flexibility index (Phi) is 11.3. The standard InChI is InChI=1S/C35H41N9O5/c1-43(2)17-14-37-34(48)24-8-10-26-28(20-24)41-32(39-26)22-4-6-23(7-5-22)33-40-27-11-9-25(21-29(27)42-33)35(49)38-16-19-44(3)18-15-36-30(45)12-13-31(46)47/h4-11,20-21H,12-19H2,1-3H3,(H,36,45)(H,37,48)(H,38,49)(H,39,41)(H,40,42)(H,46,47). The first-order valence-electron chi connectivity index (χ1n) is 16.0. The van der Waals surface area contributed by atoms with Gasteiger partial charge in [-0.05, 0) is 57.5 Å². The van der Waals surface area contributed by atoms with E-state index in [1.165, 1.54) is 0 Å². The van der Waals surface area contributed by atoms with Crippen LogP contribution < -0.4 is 16.0 Å². The summed E-state index contributed by atoms with van der Waals surface area (Å²) in [5.41, 5.74) is 5.86. The Morgan fingerprint density at radius 3 is 1.59 bits per heavy atom. The highest BCUT2D eigenvalue weighted by molar-refractivity contribution is 5.98. The summed E-state index contributed by atoms with van der Waals surface area (Å²) in [5.74, 6) is -0.267. The number of carboxylic acids is 1. The molecular weight excluding hydrogens is 626 g/mol. The van der Waals surface area contributed by atoms with Gasteiger partial charge in [0, 0.05) is 67.9 Å². The number of amides is 3. The van der Waals surface area contributed by atoms with Crippen LogP contribution in [0.2, 0.25) is 0 Å². The third-order valence-electron chi connectivity index (χ3n) is 7.93. The number of nitrogens with zero attached hydrogens (tertiary/aromatic N) is 4. The largest absolute Gasteiger partial charge is 0.481 e. The smallest absolute Gasteiger partial charge is 0.303 e. The molecule has 5 rings (SSSR count). The van der Waals surface area contributed by atoms with Crippen molar-refractivity contribution in [3.63, 3.8) is 0 Å². The molecule has 256 valence electrons. The molecule has 0 unspecified atom stereocenters. The van der Waals surface area contributed by atoms with Gasteiger partial charge in [-0.3, -0.25) is 19.2 Å². The number of fused-ring (bicyclic) bond motifs is 2. The maximum atomic E-state index is 12.8. The van der Waals surface area contributed by atoms with Crippen LogP contribution in [0.5, 0.6) is 0 Å². The summed E-state index contributed by atoms with van der Waals surface area (Å²) in [6.45, 7) is 3.28. The number of likely N-dealkylation sites (N-methyl/N-ethyl adjacent to an activating group) is 2. The Bertz CT molecular complexity index is 1950. The Morgan fingerprint density at radius 2 is 1.12 bits per heavy atom. The van der Waals surface area contributed by atoms with Crippen LogP contribution in [0.4, 0.5) is 0 Å². The zero-order chi connectivity index (χ0) is 34.9. The number of aromatic amines is 2. The minimum atomic E-state index is -1.00. The molecule has 0 bridgehead atoms. The molecule has 0 aliphatic carbocycles. The third kappa shape index (κ3) is 9.49. The fourth-order valence-corrected chi connectivity index (χ4v) is 5.13. The van der Waals surface area contributed by atoms with E-state index in [2.05, 4.69) is 25.9 Å². The number of carbonyl (C=O) groups excluding carboxylic acids is 3. The Hall–Kier alpha value is -5.60. The number of H-pyrrole nitrogens is 2. The second kappa shape index (κ2) is 16.0. The summed E-state index contributed by atoms with van der Waals surface area (Å²) in [6, 6.07) is 18.6. The summed E-state index contributed by atoms with van der Waals surface area (Å²) in [6.07, 6.45) is -0.240. The molecule has 3 amide bonds. The van der Waals surface area contributed by atoms with Gasteiger partial charge in [0.15, 0.2) is 0 Å². The lowest BCUT2D eigenvalue weighted by molar-refractivity contribution is -0.138. The molecule has 0 aliphatic rings. The predicted octanol–water partition coefficient (Wildman–Crippen LogP) is 2.71. The van der Waals surface area contributed by atoms with E-state index < -0.39 is 5.97 Å². The van der Waals surface area contributed by atoms with E-state index in [1.807, 2.05) is 73.4 Å². The monoisotopic (exact) mass is 667 g/mol. The van der Waals surface area contributed by atoms with Crippen molar-refractivity contribution in [3.8, 4) is 22.8 Å². The van der Waals surface area contributed by atoms with Gasteiger partial charge in [0.1, 0.15) is 11.6 Å². The molecule has 2 aromatic heterocycles. The van der Waals surface area contributed by atoms with Crippen LogP contribution in [0.25, 0.3) is 44.8 Å². The number of nitrogens with one attached hydrogen (secondary N) is 5. The summed E-state index contributed by atoms with van der Waals surface area (Å²) in [5, 5.41) is 17.2. The van der Waals surface area contributed by atoms with Crippen LogP contribution in [-0.4, -0.2) is 119 Å². The summed E-state index contributed by atoms with van der Waals surface area (Å²) in [4.78, 5) is 67.6. The van der Waals surface area contributed by atoms with Crippen molar-refractivity contribution < 1.29 is 24.3 Å². The highest BCUT2D eigenvalue weighted by Crippen LogP contribution is 2.26. The number of benzene rings is 3. The molecule has 3 aromatic carbocycles. The highest BCUT2D eigenvalue weighted by atomic mass is 16.4. The first-order chi connectivity index (χ1) is 23.5. The molecule has 5 aromatic rings. The molecule has 0 atom stereocenters. The lowest BCUT2D eigenvalue weighted by atomic mass is 10.1. The molecule has 14 heteroatoms. The van der Waals surface area contributed by atoms with Gasteiger partial charge in [0.25, 0.3) is 11.8 Å². The number of aliphatic carboxylic acids is 1. The van der Waals surface area contributed by atoms with Crippen molar-refractivity contribution in [1.82, 2.24) is 45.7 Å². The average molecular weight is 668 g/mol. The number of carbonyl (C=O) groups is 4. The van der Waals surface area contributed by atoms with Gasteiger partial charge >= 0.3 is 5.97 Å². The lowest BCUT2D eigenvalue weighted by Crippen LogP contribution is -2.37. The minimum absolute atomic E-state index is 0.0457. The van der Waals surface area contributed by atoms with E-state index in [0.717, 1.165) is 39.7 Å². The molecule has 0 saturated heterocycles. The lowest BCUT2D eigenvalue weighted by Gasteiger charge is -2.17. The van der Waals surface area contributed by atoms with Crippen molar-refractivity contribution in [1.29, 1.82) is 0 Å². The molecule has 0 saturated carbocycles. The van der Waals surface area contributed by atoms with Gasteiger partial charge < -0.3 is 40.8 Å². The number of carboxylic acid groups (broad SMARTS) is 1. The molecule has 0 aliphatic heterocycles. The number of rotatable bonds is 16. The number of imidazole rings is 2. The molecule has 49 heavy (non-hydrogen) atoms. The zero-order valence-electron chi connectivity index (χ0n) is 27.8. The predicted molar refractivity (Wildman–Crippen MR) is 187 cm³/mol. The molecule has 14 nitrogen and oxygen atoms in total. The van der Waals surface area contributed by atoms with Crippen molar-refractivity contribution in [2.45, 2.75) is 12.8 Å². The van der Waals surface area contributed by atoms with Gasteiger partial charge in [0.2, 0.25) is 5.91 Å². The Balaban J connectivity index is 1.15. The third-order valence-corrected chi connectivity index (χ3v) is 7.93. The molecule has 0 radical (unpaired) electrons. The summed E-state index contributed by atoms with van der Waals surface area (Å²) < 4.78 is 0. The molecule has 6 N–H and O–H groups in total. The van der Waals surface area contributed by atoms with Crippen LogP contribution in [-0.2, 0) is 9.59 Å². The molecular formula is C35H41N9O5. The van der Waals surface area contributed by atoms with E-state index in [4.69, 9.17) is 15.1 Å². The van der Waals surface area contributed by atoms with Crippen molar-refractivity contribution in [2.24, 2.45) is 0 Å².